The SMILES string of the molecule is Cc1c2c(c(C)n1CCOCCOC1CCCCO1)SC(=C1Sc3c(c(C)n(CCOCCOC4CCCCO4)c3C)S1)S2. The van der Waals surface area contributed by atoms with Crippen LogP contribution in [0.5, 0.6) is 0 Å². The maximum Gasteiger partial charge on any atom is 0.157 e. The molecule has 2 aromatic heterocycles. The van der Waals surface area contributed by atoms with Crippen LogP contribution in [0.25, 0.3) is 0 Å². The highest BCUT2D eigenvalue weighted by atomic mass is 32.2. The van der Waals surface area contributed by atoms with Gasteiger partial charge in [-0.15, -0.1) is 0 Å². The summed E-state index contributed by atoms with van der Waals surface area (Å²) >= 11 is 7.75. The molecule has 4 aliphatic heterocycles. The fraction of sp³-hybridized carbons (Fsp3) is 0.688. The van der Waals surface area contributed by atoms with E-state index in [0.717, 1.165) is 52.0 Å². The fourth-order valence-corrected chi connectivity index (χ4v) is 12.0. The minimum absolute atomic E-state index is 0.0472. The van der Waals surface area contributed by atoms with Crippen LogP contribution >= 0.6 is 47.0 Å². The third kappa shape index (κ3) is 7.77. The highest BCUT2D eigenvalue weighted by Crippen LogP contribution is 2.64. The number of hydrogen-bond acceptors (Lipinski definition) is 10. The van der Waals surface area contributed by atoms with Gasteiger partial charge in [-0.1, -0.05) is 47.0 Å². The maximum absolute atomic E-state index is 5.91. The molecule has 0 bridgehead atoms. The molecular weight excluding hydrogens is 637 g/mol. The molecule has 0 radical (unpaired) electrons. The number of fused-ring (bicyclic) bond motifs is 2. The van der Waals surface area contributed by atoms with Crippen molar-refractivity contribution in [2.24, 2.45) is 0 Å². The second-order valence-corrected chi connectivity index (χ2v) is 16.1. The van der Waals surface area contributed by atoms with Gasteiger partial charge in [-0.05, 0) is 66.2 Å². The Kier molecular flexibility index (Phi) is 12.2. The number of ether oxygens (including phenoxy) is 6. The zero-order chi connectivity index (χ0) is 30.5. The highest BCUT2D eigenvalue weighted by Gasteiger charge is 2.34. The summed E-state index contributed by atoms with van der Waals surface area (Å²) in [6, 6.07) is 0. The van der Waals surface area contributed by atoms with E-state index < -0.39 is 0 Å². The predicted molar refractivity (Wildman–Crippen MR) is 179 cm³/mol. The number of rotatable bonds is 14. The lowest BCUT2D eigenvalue weighted by atomic mass is 10.2. The van der Waals surface area contributed by atoms with Crippen LogP contribution in [-0.4, -0.2) is 74.6 Å². The molecule has 8 nitrogen and oxygen atoms in total. The van der Waals surface area contributed by atoms with Gasteiger partial charge in [-0.2, -0.15) is 0 Å². The van der Waals surface area contributed by atoms with Gasteiger partial charge in [0.2, 0.25) is 0 Å². The number of nitrogens with zero attached hydrogens (tertiary/aromatic N) is 2. The van der Waals surface area contributed by atoms with Crippen molar-refractivity contribution in [3.63, 3.8) is 0 Å². The van der Waals surface area contributed by atoms with Crippen molar-refractivity contribution in [1.82, 2.24) is 9.13 Å². The second kappa shape index (κ2) is 16.0. The fourth-order valence-electron chi connectivity index (χ4n) is 6.06. The van der Waals surface area contributed by atoms with Crippen molar-refractivity contribution >= 4 is 47.0 Å². The van der Waals surface area contributed by atoms with Gasteiger partial charge >= 0.3 is 0 Å². The number of hydrogen-bond donors (Lipinski definition) is 0. The van der Waals surface area contributed by atoms with E-state index in [-0.39, 0.29) is 12.6 Å². The second-order valence-electron chi connectivity index (χ2n) is 11.5. The first kappa shape index (κ1) is 33.4. The van der Waals surface area contributed by atoms with Gasteiger partial charge in [0.1, 0.15) is 0 Å². The van der Waals surface area contributed by atoms with Gasteiger partial charge in [-0.3, -0.25) is 0 Å². The normalized spacial score (nSPS) is 21.8. The van der Waals surface area contributed by atoms with Crippen LogP contribution in [0.2, 0.25) is 0 Å². The van der Waals surface area contributed by atoms with Gasteiger partial charge in [0, 0.05) is 68.7 Å². The molecule has 6 rings (SSSR count). The lowest BCUT2D eigenvalue weighted by molar-refractivity contribution is -0.169. The molecule has 44 heavy (non-hydrogen) atoms. The molecule has 2 saturated heterocycles. The van der Waals surface area contributed by atoms with Crippen LogP contribution in [0.15, 0.2) is 28.1 Å². The smallest absolute Gasteiger partial charge is 0.157 e. The van der Waals surface area contributed by atoms with E-state index in [0.29, 0.717) is 39.6 Å². The molecule has 2 fully saturated rings. The zero-order valence-corrected chi connectivity index (χ0v) is 29.7. The van der Waals surface area contributed by atoms with Gasteiger partial charge in [0.15, 0.2) is 12.6 Å². The molecule has 2 unspecified atom stereocenters. The molecular formula is C32H46N2O6S4. The van der Waals surface area contributed by atoms with Gasteiger partial charge in [0.25, 0.3) is 0 Å². The monoisotopic (exact) mass is 682 g/mol. The van der Waals surface area contributed by atoms with E-state index in [9.17, 15) is 0 Å². The van der Waals surface area contributed by atoms with Crippen molar-refractivity contribution in [3.8, 4) is 0 Å². The summed E-state index contributed by atoms with van der Waals surface area (Å²) in [6.45, 7) is 16.1. The van der Waals surface area contributed by atoms with E-state index in [2.05, 4.69) is 36.8 Å². The van der Waals surface area contributed by atoms with E-state index in [1.165, 1.54) is 63.7 Å². The molecule has 2 aromatic rings. The standard InChI is InChI=1S/C32H46N2O6S4/c1-21-27-28(22(2)33(21)11-15-35-17-19-39-25-9-5-7-13-37-25)42-31(41-27)32-43-29-23(3)34(24(4)30(29)44-32)12-16-36-18-20-40-26-10-6-8-14-38-26/h25-26H,5-20H2,1-4H3. The predicted octanol–water partition coefficient (Wildman–Crippen LogP) is 7.87. The van der Waals surface area contributed by atoms with Gasteiger partial charge in [-0.25, -0.2) is 0 Å². The van der Waals surface area contributed by atoms with Crippen LogP contribution in [0.3, 0.4) is 0 Å². The Morgan fingerprint density at radius 2 is 0.932 bits per heavy atom. The average molecular weight is 683 g/mol. The highest BCUT2D eigenvalue weighted by molar-refractivity contribution is 8.30. The van der Waals surface area contributed by atoms with Crippen molar-refractivity contribution in [1.29, 1.82) is 0 Å². The summed E-state index contributed by atoms with van der Waals surface area (Å²) in [4.78, 5) is 5.61. The third-order valence-electron chi connectivity index (χ3n) is 8.55. The first-order valence-corrected chi connectivity index (χ1v) is 19.2. The molecule has 244 valence electrons. The summed E-state index contributed by atoms with van der Waals surface area (Å²) in [5, 5.41) is 0. The van der Waals surface area contributed by atoms with E-state index in [4.69, 9.17) is 28.4 Å². The molecule has 0 N–H and O–H groups in total. The Hall–Kier alpha value is -0.540. The Bertz CT molecular complexity index is 1150. The number of aromatic nitrogens is 2. The van der Waals surface area contributed by atoms with Crippen LogP contribution in [0.4, 0.5) is 0 Å². The molecule has 0 amide bonds. The Balaban J connectivity index is 0.958. The molecule has 2 atom stereocenters. The largest absolute Gasteiger partial charge is 0.377 e. The van der Waals surface area contributed by atoms with E-state index >= 15 is 0 Å². The average Bonchev–Trinajstić information content (AvgIpc) is 3.78. The van der Waals surface area contributed by atoms with E-state index in [1.807, 2.05) is 47.0 Å². The Morgan fingerprint density at radius 3 is 1.27 bits per heavy atom. The van der Waals surface area contributed by atoms with Crippen LogP contribution in [0.1, 0.15) is 61.3 Å². The molecule has 0 spiro atoms. The molecule has 0 saturated carbocycles. The summed E-state index contributed by atoms with van der Waals surface area (Å²) in [5.74, 6) is 0. The van der Waals surface area contributed by atoms with Crippen LogP contribution in [-0.2, 0) is 41.5 Å². The van der Waals surface area contributed by atoms with Crippen LogP contribution in [0, 0.1) is 27.7 Å². The zero-order valence-electron chi connectivity index (χ0n) is 26.4. The molecule has 0 aliphatic carbocycles. The quantitative estimate of drug-likeness (QED) is 0.184. The van der Waals surface area contributed by atoms with Crippen molar-refractivity contribution in [2.45, 2.75) is 111 Å². The summed E-state index contributed by atoms with van der Waals surface area (Å²) in [7, 11) is 0. The molecule has 6 heterocycles. The maximum atomic E-state index is 5.91. The minimum Gasteiger partial charge on any atom is -0.377 e. The van der Waals surface area contributed by atoms with Gasteiger partial charge in [0.05, 0.1) is 48.1 Å². The van der Waals surface area contributed by atoms with Gasteiger partial charge < -0.3 is 37.6 Å². The number of thioether (sulfide) groups is 4. The summed E-state index contributed by atoms with van der Waals surface area (Å²) in [6.07, 6.45) is 6.55. The van der Waals surface area contributed by atoms with Crippen molar-refractivity contribution in [3.05, 3.63) is 31.3 Å². The topological polar surface area (TPSA) is 65.2 Å². The summed E-state index contributed by atoms with van der Waals surface area (Å²) in [5.41, 5.74) is 5.34. The first-order chi connectivity index (χ1) is 21.5. The van der Waals surface area contributed by atoms with Crippen LogP contribution < -0.4 is 0 Å². The third-order valence-corrected chi connectivity index (χ3v) is 14.7. The van der Waals surface area contributed by atoms with Crippen molar-refractivity contribution in [2.75, 3.05) is 52.9 Å². The summed E-state index contributed by atoms with van der Waals surface area (Å²) < 4.78 is 42.3. The molecule has 4 aliphatic rings. The van der Waals surface area contributed by atoms with Crippen molar-refractivity contribution < 1.29 is 28.4 Å². The Labute approximate surface area is 279 Å². The van der Waals surface area contributed by atoms with E-state index in [1.54, 1.807) is 0 Å². The Morgan fingerprint density at radius 1 is 0.545 bits per heavy atom. The molecule has 0 aromatic carbocycles. The first-order valence-electron chi connectivity index (χ1n) is 16.0. The lowest BCUT2D eigenvalue weighted by Crippen LogP contribution is -2.24. The lowest BCUT2D eigenvalue weighted by Gasteiger charge is -2.22. The minimum atomic E-state index is -0.0472. The molecule has 12 heteroatoms.